The number of aryl methyl sites for hydroxylation is 1. The van der Waals surface area contributed by atoms with Crippen molar-refractivity contribution in [1.82, 2.24) is 24.2 Å². The van der Waals surface area contributed by atoms with Gasteiger partial charge in [0.05, 0.1) is 6.04 Å². The fraction of sp³-hybridized carbons (Fsp3) is 0.412. The molecule has 0 spiro atoms. The zero-order valence-electron chi connectivity index (χ0n) is 14.9. The number of sulfonamides is 1. The van der Waals surface area contributed by atoms with Crippen LogP contribution in [0.25, 0.3) is 0 Å². The lowest BCUT2D eigenvalue weighted by Crippen LogP contribution is -2.40. The van der Waals surface area contributed by atoms with Crippen molar-refractivity contribution in [1.29, 1.82) is 0 Å². The van der Waals surface area contributed by atoms with E-state index < -0.39 is 16.1 Å². The molecule has 0 aliphatic carbocycles. The second-order valence-corrected chi connectivity index (χ2v) is 8.61. The predicted molar refractivity (Wildman–Crippen MR) is 94.2 cm³/mol. The number of rotatable bonds is 4. The summed E-state index contributed by atoms with van der Waals surface area (Å²) in [6.45, 7) is 2.16. The molecule has 0 aromatic carbocycles. The zero-order chi connectivity index (χ0) is 19.2. The molecule has 0 bridgehead atoms. The molecule has 10 heteroatoms. The first-order valence-corrected chi connectivity index (χ1v) is 9.95. The quantitative estimate of drug-likeness (QED) is 0.729. The minimum absolute atomic E-state index is 0.142. The number of nitrogens with zero attached hydrogens (tertiary/aromatic N) is 5. The number of fused-ring (bicyclic) bond motifs is 1. The lowest BCUT2D eigenvalue weighted by Gasteiger charge is -2.22. The number of aromatic nitrogens is 3. The number of hydrogen-bond acceptors (Lipinski definition) is 7. The second kappa shape index (κ2) is 6.54. The standard InChI is InChI=1S/C17H19N5O4S/c1-11-19-7-5-15(20-11)26-16-13-9-22(10-14(13)21(2)17(16)23)27(24,25)12-4-3-6-18-8-12/h3-8,13-14,16H,9-10H2,1-2H3/t13-,14+,16-/m0/s1. The third-order valence-electron chi connectivity index (χ3n) is 5.05. The van der Waals surface area contributed by atoms with Crippen LogP contribution in [0.15, 0.2) is 41.7 Å². The molecule has 27 heavy (non-hydrogen) atoms. The van der Waals surface area contributed by atoms with Crippen LogP contribution < -0.4 is 4.74 Å². The van der Waals surface area contributed by atoms with E-state index in [2.05, 4.69) is 15.0 Å². The minimum Gasteiger partial charge on any atom is -0.464 e. The maximum absolute atomic E-state index is 12.9. The monoisotopic (exact) mass is 389 g/mol. The second-order valence-electron chi connectivity index (χ2n) is 6.67. The summed E-state index contributed by atoms with van der Waals surface area (Å²) < 4.78 is 33.0. The van der Waals surface area contributed by atoms with Crippen LogP contribution in [0.1, 0.15) is 5.82 Å². The van der Waals surface area contributed by atoms with Gasteiger partial charge in [-0.15, -0.1) is 0 Å². The number of carbonyl (C=O) groups is 1. The molecule has 2 aromatic heterocycles. The third-order valence-corrected chi connectivity index (χ3v) is 6.86. The van der Waals surface area contributed by atoms with Crippen LogP contribution in [0.4, 0.5) is 0 Å². The van der Waals surface area contributed by atoms with Gasteiger partial charge in [0.15, 0.2) is 6.10 Å². The summed E-state index contributed by atoms with van der Waals surface area (Å²) >= 11 is 0. The summed E-state index contributed by atoms with van der Waals surface area (Å²) in [5.41, 5.74) is 0. The van der Waals surface area contributed by atoms with Gasteiger partial charge in [-0.2, -0.15) is 9.29 Å². The summed E-state index contributed by atoms with van der Waals surface area (Å²) in [5, 5.41) is 0. The Kier molecular flexibility index (Phi) is 4.31. The van der Waals surface area contributed by atoms with Gasteiger partial charge in [0.1, 0.15) is 10.7 Å². The Bertz CT molecular complexity index is 968. The van der Waals surface area contributed by atoms with Crippen molar-refractivity contribution in [3.63, 3.8) is 0 Å². The number of amides is 1. The van der Waals surface area contributed by atoms with E-state index in [9.17, 15) is 13.2 Å². The van der Waals surface area contributed by atoms with Crippen LogP contribution in [-0.4, -0.2) is 70.8 Å². The molecule has 2 aliphatic heterocycles. The van der Waals surface area contributed by atoms with Crippen LogP contribution in [-0.2, 0) is 14.8 Å². The summed E-state index contributed by atoms with van der Waals surface area (Å²) in [7, 11) is -2.00. The average molecular weight is 389 g/mol. The average Bonchev–Trinajstić information content (AvgIpc) is 3.19. The zero-order valence-corrected chi connectivity index (χ0v) is 15.7. The van der Waals surface area contributed by atoms with Crippen molar-refractivity contribution in [3.8, 4) is 5.88 Å². The predicted octanol–water partition coefficient (Wildman–Crippen LogP) is 0.0887. The number of ether oxygens (including phenoxy) is 1. The Hall–Kier alpha value is -2.59. The first-order chi connectivity index (χ1) is 12.9. The van der Waals surface area contributed by atoms with Gasteiger partial charge in [0.2, 0.25) is 15.9 Å². The highest BCUT2D eigenvalue weighted by Gasteiger charge is 2.54. The van der Waals surface area contributed by atoms with Crippen molar-refractivity contribution >= 4 is 15.9 Å². The fourth-order valence-electron chi connectivity index (χ4n) is 3.64. The Morgan fingerprint density at radius 2 is 2.04 bits per heavy atom. The molecule has 0 radical (unpaired) electrons. The van der Waals surface area contributed by atoms with Gasteiger partial charge in [-0.25, -0.2) is 13.4 Å². The topological polar surface area (TPSA) is 106 Å². The molecule has 0 unspecified atom stereocenters. The Balaban J connectivity index is 1.58. The summed E-state index contributed by atoms with van der Waals surface area (Å²) in [5.74, 6) is 0.405. The van der Waals surface area contributed by atoms with Gasteiger partial charge in [-0.05, 0) is 19.1 Å². The number of pyridine rings is 1. The van der Waals surface area contributed by atoms with Crippen LogP contribution in [0.2, 0.25) is 0 Å². The van der Waals surface area contributed by atoms with Crippen LogP contribution >= 0.6 is 0 Å². The van der Waals surface area contributed by atoms with Crippen molar-refractivity contribution < 1.29 is 17.9 Å². The van der Waals surface area contributed by atoms with Gasteiger partial charge in [-0.1, -0.05) is 0 Å². The first kappa shape index (κ1) is 17.8. The lowest BCUT2D eigenvalue weighted by molar-refractivity contribution is -0.133. The molecule has 4 heterocycles. The van der Waals surface area contributed by atoms with E-state index in [1.54, 1.807) is 37.2 Å². The first-order valence-electron chi connectivity index (χ1n) is 8.51. The SMILES string of the molecule is Cc1nccc(O[C@@H]2C(=O)N(C)[C@@H]3CN(S(=O)(=O)c4cccnc4)C[C@H]23)n1. The molecule has 142 valence electrons. The third kappa shape index (κ3) is 3.04. The van der Waals surface area contributed by atoms with Gasteiger partial charge >= 0.3 is 0 Å². The van der Waals surface area contributed by atoms with E-state index in [1.165, 1.54) is 22.8 Å². The molecule has 1 amide bonds. The molecule has 4 rings (SSSR count). The Morgan fingerprint density at radius 3 is 2.74 bits per heavy atom. The Labute approximate surface area is 157 Å². The van der Waals surface area contributed by atoms with Crippen molar-refractivity contribution in [2.24, 2.45) is 5.92 Å². The molecule has 2 aromatic rings. The van der Waals surface area contributed by atoms with E-state index in [-0.39, 0.29) is 35.9 Å². The lowest BCUT2D eigenvalue weighted by atomic mass is 10.0. The van der Waals surface area contributed by atoms with Crippen LogP contribution in [0, 0.1) is 12.8 Å². The molecular weight excluding hydrogens is 370 g/mol. The Morgan fingerprint density at radius 1 is 1.22 bits per heavy atom. The largest absolute Gasteiger partial charge is 0.464 e. The highest BCUT2D eigenvalue weighted by Crippen LogP contribution is 2.36. The smallest absolute Gasteiger partial charge is 0.264 e. The molecule has 3 atom stereocenters. The van der Waals surface area contributed by atoms with Crippen molar-refractivity contribution in [2.45, 2.75) is 24.0 Å². The molecule has 2 aliphatic rings. The van der Waals surface area contributed by atoms with Crippen molar-refractivity contribution in [3.05, 3.63) is 42.6 Å². The van der Waals surface area contributed by atoms with Gasteiger partial charge in [-0.3, -0.25) is 9.78 Å². The molecule has 2 fully saturated rings. The number of likely N-dealkylation sites (tertiary alicyclic amines) is 1. The number of likely N-dealkylation sites (N-methyl/N-ethyl adjacent to an activating group) is 1. The number of hydrogen-bond donors (Lipinski definition) is 0. The maximum atomic E-state index is 12.9. The highest BCUT2D eigenvalue weighted by atomic mass is 32.2. The van der Waals surface area contributed by atoms with E-state index in [1.807, 2.05) is 0 Å². The highest BCUT2D eigenvalue weighted by molar-refractivity contribution is 7.89. The van der Waals surface area contributed by atoms with Gasteiger partial charge < -0.3 is 9.64 Å². The van der Waals surface area contributed by atoms with E-state index >= 15 is 0 Å². The number of carbonyl (C=O) groups excluding carboxylic acids is 1. The fourth-order valence-corrected chi connectivity index (χ4v) is 5.10. The van der Waals surface area contributed by atoms with Crippen LogP contribution in [0.5, 0.6) is 5.88 Å². The molecule has 0 saturated carbocycles. The molecule has 9 nitrogen and oxygen atoms in total. The van der Waals surface area contributed by atoms with E-state index in [0.29, 0.717) is 11.7 Å². The summed E-state index contributed by atoms with van der Waals surface area (Å²) in [6, 6.07) is 4.45. The molecule has 0 N–H and O–H groups in total. The summed E-state index contributed by atoms with van der Waals surface area (Å²) in [6.07, 6.45) is 3.64. The maximum Gasteiger partial charge on any atom is 0.264 e. The molecular formula is C17H19N5O4S. The summed E-state index contributed by atoms with van der Waals surface area (Å²) in [4.78, 5) is 26.4. The van der Waals surface area contributed by atoms with Gasteiger partial charge in [0.25, 0.3) is 5.91 Å². The van der Waals surface area contributed by atoms with E-state index in [4.69, 9.17) is 4.74 Å². The van der Waals surface area contributed by atoms with Crippen LogP contribution in [0.3, 0.4) is 0 Å². The molecule has 2 saturated heterocycles. The minimum atomic E-state index is -3.67. The van der Waals surface area contributed by atoms with Gasteiger partial charge in [0, 0.05) is 50.7 Å². The normalized spacial score (nSPS) is 25.6. The van der Waals surface area contributed by atoms with E-state index in [0.717, 1.165) is 0 Å². The van der Waals surface area contributed by atoms with Crippen molar-refractivity contribution in [2.75, 3.05) is 20.1 Å².